The molecule has 0 amide bonds. The van der Waals surface area contributed by atoms with E-state index < -0.39 is 10.0 Å². The number of nitrogens with zero attached hydrogens (tertiary/aromatic N) is 2. The molecule has 3 N–H and O–H groups in total. The van der Waals surface area contributed by atoms with Gasteiger partial charge in [-0.05, 0) is 38.6 Å². The molecule has 1 heterocycles. The molecule has 2 aromatic rings. The van der Waals surface area contributed by atoms with Gasteiger partial charge in [-0.25, -0.2) is 18.1 Å². The van der Waals surface area contributed by atoms with Crippen LogP contribution in [0.15, 0.2) is 34.2 Å². The van der Waals surface area contributed by atoms with Crippen LogP contribution >= 0.6 is 35.3 Å². The number of aliphatic imine (C=N–C) groups is 1. The lowest BCUT2D eigenvalue weighted by atomic mass is 10.2. The minimum atomic E-state index is -3.40. The second kappa shape index (κ2) is 10.2. The molecule has 1 aromatic heterocycles. The maximum absolute atomic E-state index is 11.7. The average Bonchev–Trinajstić information content (AvgIpc) is 2.93. The normalized spacial score (nSPS) is 11.8. The fourth-order valence-corrected chi connectivity index (χ4v) is 3.69. The largest absolute Gasteiger partial charge is 0.352 e. The van der Waals surface area contributed by atoms with Crippen molar-refractivity contribution >= 4 is 51.3 Å². The van der Waals surface area contributed by atoms with Gasteiger partial charge in [-0.15, -0.1) is 35.3 Å². The van der Waals surface area contributed by atoms with Crippen molar-refractivity contribution in [2.24, 2.45) is 4.99 Å². The lowest BCUT2D eigenvalue weighted by molar-refractivity contribution is 0.588. The highest BCUT2D eigenvalue weighted by atomic mass is 127. The second-order valence-corrected chi connectivity index (χ2v) is 8.55. The summed E-state index contributed by atoms with van der Waals surface area (Å²) in [7, 11) is -0.305. The third kappa shape index (κ3) is 6.18. The molecule has 0 bridgehead atoms. The van der Waals surface area contributed by atoms with Crippen LogP contribution in [0.25, 0.3) is 0 Å². The first-order chi connectivity index (χ1) is 11.9. The van der Waals surface area contributed by atoms with E-state index in [0.29, 0.717) is 19.0 Å². The predicted octanol–water partition coefficient (Wildman–Crippen LogP) is 2.15. The number of sulfonamides is 1. The van der Waals surface area contributed by atoms with Crippen LogP contribution in [0.3, 0.4) is 0 Å². The topological polar surface area (TPSA) is 95.5 Å². The summed E-state index contributed by atoms with van der Waals surface area (Å²) in [5.74, 6) is 0.664. The van der Waals surface area contributed by atoms with Crippen molar-refractivity contribution in [1.82, 2.24) is 20.3 Å². The number of aryl methyl sites for hydroxylation is 2. The smallest absolute Gasteiger partial charge is 0.240 e. The number of hydrogen-bond donors (Lipinski definition) is 3. The van der Waals surface area contributed by atoms with Gasteiger partial charge in [-0.3, -0.25) is 4.99 Å². The summed E-state index contributed by atoms with van der Waals surface area (Å²) in [6, 6.07) is 6.72. The monoisotopic (exact) mass is 509 g/mol. The maximum Gasteiger partial charge on any atom is 0.240 e. The first-order valence-electron chi connectivity index (χ1n) is 7.75. The number of thiazole rings is 1. The van der Waals surface area contributed by atoms with E-state index in [1.807, 2.05) is 6.92 Å². The summed E-state index contributed by atoms with van der Waals surface area (Å²) >= 11 is 1.67. The molecule has 0 aliphatic carbocycles. The van der Waals surface area contributed by atoms with Crippen LogP contribution < -0.4 is 15.4 Å². The molecule has 2 rings (SSSR count). The Morgan fingerprint density at radius 2 is 1.77 bits per heavy atom. The van der Waals surface area contributed by atoms with Gasteiger partial charge in [-0.2, -0.15) is 0 Å². The van der Waals surface area contributed by atoms with Gasteiger partial charge in [0.05, 0.1) is 17.1 Å². The highest BCUT2D eigenvalue weighted by Gasteiger charge is 2.10. The fraction of sp³-hybridized carbons (Fsp3) is 0.375. The molecule has 0 unspecified atom stereocenters. The summed E-state index contributed by atoms with van der Waals surface area (Å²) in [5.41, 5.74) is 2.01. The van der Waals surface area contributed by atoms with E-state index in [4.69, 9.17) is 0 Å². The predicted molar refractivity (Wildman–Crippen MR) is 117 cm³/mol. The molecule has 0 spiro atoms. The Kier molecular flexibility index (Phi) is 8.93. The summed E-state index contributed by atoms with van der Waals surface area (Å²) < 4.78 is 25.7. The van der Waals surface area contributed by atoms with Gasteiger partial charge in [0.25, 0.3) is 0 Å². The Morgan fingerprint density at radius 1 is 1.15 bits per heavy atom. The van der Waals surface area contributed by atoms with Crippen LogP contribution in [0.1, 0.15) is 21.1 Å². The van der Waals surface area contributed by atoms with Gasteiger partial charge < -0.3 is 10.6 Å². The minimum Gasteiger partial charge on any atom is -0.352 e. The number of guanidine groups is 1. The molecule has 0 aliphatic rings. The first-order valence-corrected chi connectivity index (χ1v) is 10.1. The minimum absolute atomic E-state index is 0. The third-order valence-electron chi connectivity index (χ3n) is 3.67. The zero-order chi connectivity index (χ0) is 18.4. The van der Waals surface area contributed by atoms with E-state index in [1.54, 1.807) is 42.6 Å². The molecule has 1 aromatic carbocycles. The van der Waals surface area contributed by atoms with Crippen molar-refractivity contribution in [3.05, 3.63) is 45.4 Å². The van der Waals surface area contributed by atoms with Gasteiger partial charge in [0.15, 0.2) is 5.96 Å². The molecule has 0 radical (unpaired) electrons. The molecule has 0 fully saturated rings. The number of halogens is 1. The molecule has 0 saturated heterocycles. The van der Waals surface area contributed by atoms with E-state index in [-0.39, 0.29) is 28.9 Å². The summed E-state index contributed by atoms with van der Waals surface area (Å²) in [4.78, 5) is 10.1. The SMILES string of the molecule is CN=C(NCc1ccc(S(=O)(=O)NC)cc1)NCc1nc(C)c(C)s1.I. The van der Waals surface area contributed by atoms with E-state index in [0.717, 1.165) is 16.3 Å². The summed E-state index contributed by atoms with van der Waals surface area (Å²) in [6.07, 6.45) is 0. The Balaban J connectivity index is 0.00000338. The highest BCUT2D eigenvalue weighted by Crippen LogP contribution is 2.15. The molecule has 10 heteroatoms. The van der Waals surface area contributed by atoms with Crippen LogP contribution in [0.4, 0.5) is 0 Å². The average molecular weight is 509 g/mol. The lowest BCUT2D eigenvalue weighted by Gasteiger charge is -2.11. The Bertz CT molecular complexity index is 829. The molecule has 7 nitrogen and oxygen atoms in total. The standard InChI is InChI=1S/C16H23N5O2S2.HI/c1-11-12(2)24-15(21-11)10-20-16(17-3)19-9-13-5-7-14(8-6-13)25(22,23)18-4;/h5-8,18H,9-10H2,1-4H3,(H2,17,19,20);1H. The molecule has 0 saturated carbocycles. The number of aromatic nitrogens is 1. The van der Waals surface area contributed by atoms with Crippen LogP contribution in [0.2, 0.25) is 0 Å². The van der Waals surface area contributed by atoms with E-state index >= 15 is 0 Å². The van der Waals surface area contributed by atoms with Crippen molar-refractivity contribution in [3.63, 3.8) is 0 Å². The lowest BCUT2D eigenvalue weighted by Crippen LogP contribution is -2.36. The number of hydrogen-bond acceptors (Lipinski definition) is 5. The summed E-state index contributed by atoms with van der Waals surface area (Å²) in [5, 5.41) is 7.44. The number of nitrogens with one attached hydrogen (secondary N) is 3. The van der Waals surface area contributed by atoms with Gasteiger partial charge in [-0.1, -0.05) is 12.1 Å². The third-order valence-corrected chi connectivity index (χ3v) is 6.17. The fourth-order valence-electron chi connectivity index (χ4n) is 2.08. The Labute approximate surface area is 175 Å². The molecule has 0 aliphatic heterocycles. The number of benzene rings is 1. The first kappa shape index (κ1) is 22.8. The van der Waals surface area contributed by atoms with Crippen molar-refractivity contribution in [2.75, 3.05) is 14.1 Å². The van der Waals surface area contributed by atoms with Gasteiger partial charge >= 0.3 is 0 Å². The van der Waals surface area contributed by atoms with Crippen LogP contribution in [-0.2, 0) is 23.1 Å². The highest BCUT2D eigenvalue weighted by molar-refractivity contribution is 14.0. The number of rotatable bonds is 6. The molecule has 144 valence electrons. The summed E-state index contributed by atoms with van der Waals surface area (Å²) in [6.45, 7) is 5.20. The van der Waals surface area contributed by atoms with Crippen molar-refractivity contribution < 1.29 is 8.42 Å². The Hall–Kier alpha value is -1.24. The zero-order valence-electron chi connectivity index (χ0n) is 15.2. The second-order valence-electron chi connectivity index (χ2n) is 5.38. The van der Waals surface area contributed by atoms with E-state index in [1.165, 1.54) is 11.9 Å². The molecule has 26 heavy (non-hydrogen) atoms. The van der Waals surface area contributed by atoms with E-state index in [9.17, 15) is 8.42 Å². The van der Waals surface area contributed by atoms with Crippen LogP contribution in [0.5, 0.6) is 0 Å². The van der Waals surface area contributed by atoms with Gasteiger partial charge in [0.2, 0.25) is 10.0 Å². The van der Waals surface area contributed by atoms with Gasteiger partial charge in [0, 0.05) is 18.5 Å². The van der Waals surface area contributed by atoms with Crippen molar-refractivity contribution in [2.45, 2.75) is 31.8 Å². The zero-order valence-corrected chi connectivity index (χ0v) is 19.1. The maximum atomic E-state index is 11.7. The molecular formula is C16H24IN5O2S2. The molecular weight excluding hydrogens is 485 g/mol. The molecule has 0 atom stereocenters. The Morgan fingerprint density at radius 3 is 2.27 bits per heavy atom. The van der Waals surface area contributed by atoms with Crippen LogP contribution in [0, 0.1) is 13.8 Å². The van der Waals surface area contributed by atoms with E-state index in [2.05, 4.69) is 32.3 Å². The van der Waals surface area contributed by atoms with Crippen molar-refractivity contribution in [3.8, 4) is 0 Å². The van der Waals surface area contributed by atoms with Crippen molar-refractivity contribution in [1.29, 1.82) is 0 Å². The van der Waals surface area contributed by atoms with Crippen LogP contribution in [-0.4, -0.2) is 33.5 Å². The van der Waals surface area contributed by atoms with Gasteiger partial charge in [0.1, 0.15) is 5.01 Å². The quantitative estimate of drug-likeness (QED) is 0.315.